The molecule has 0 spiro atoms. The minimum atomic E-state index is -3.49. The van der Waals surface area contributed by atoms with Crippen molar-refractivity contribution in [1.29, 1.82) is 0 Å². The number of amides is 1. The summed E-state index contributed by atoms with van der Waals surface area (Å²) in [7, 11) is -3.49. The third-order valence-corrected chi connectivity index (χ3v) is 7.17. The van der Waals surface area contributed by atoms with E-state index in [-0.39, 0.29) is 17.9 Å². The van der Waals surface area contributed by atoms with Crippen LogP contribution in [0.1, 0.15) is 25.3 Å². The van der Waals surface area contributed by atoms with Gasteiger partial charge in [-0.1, -0.05) is 41.9 Å². The molecular formula is C21H25ClN2O3S. The normalized spacial score (nSPS) is 17.2. The van der Waals surface area contributed by atoms with Crippen molar-refractivity contribution in [3.05, 3.63) is 65.2 Å². The summed E-state index contributed by atoms with van der Waals surface area (Å²) in [4.78, 5) is 12.9. The van der Waals surface area contributed by atoms with Crippen LogP contribution in [0.25, 0.3) is 0 Å². The van der Waals surface area contributed by atoms with Gasteiger partial charge in [-0.25, -0.2) is 8.42 Å². The topological polar surface area (TPSA) is 66.5 Å². The maximum Gasteiger partial charge on any atom is 0.243 e. The number of rotatable bonds is 6. The van der Waals surface area contributed by atoms with Crippen molar-refractivity contribution >= 4 is 27.5 Å². The molecule has 1 fully saturated rings. The second kappa shape index (κ2) is 9.07. The van der Waals surface area contributed by atoms with Gasteiger partial charge < -0.3 is 5.32 Å². The molecule has 1 heterocycles. The van der Waals surface area contributed by atoms with E-state index in [4.69, 9.17) is 11.6 Å². The van der Waals surface area contributed by atoms with Crippen LogP contribution < -0.4 is 5.32 Å². The Morgan fingerprint density at radius 3 is 2.46 bits per heavy atom. The summed E-state index contributed by atoms with van der Waals surface area (Å²) < 4.78 is 26.8. The largest absolute Gasteiger partial charge is 0.353 e. The van der Waals surface area contributed by atoms with Gasteiger partial charge in [-0.2, -0.15) is 4.31 Å². The van der Waals surface area contributed by atoms with Gasteiger partial charge >= 0.3 is 0 Å². The fraction of sp³-hybridized carbons (Fsp3) is 0.381. The number of carbonyl (C=O) groups excluding carboxylic acids is 1. The van der Waals surface area contributed by atoms with E-state index in [0.29, 0.717) is 42.3 Å². The number of carbonyl (C=O) groups is 1. The van der Waals surface area contributed by atoms with Crippen LogP contribution in [0, 0.1) is 5.92 Å². The quantitative estimate of drug-likeness (QED) is 0.777. The molecule has 5 nitrogen and oxygen atoms in total. The fourth-order valence-electron chi connectivity index (χ4n) is 3.53. The van der Waals surface area contributed by atoms with Crippen LogP contribution in [0.5, 0.6) is 0 Å². The van der Waals surface area contributed by atoms with Gasteiger partial charge in [0.05, 0.1) is 4.90 Å². The lowest BCUT2D eigenvalue weighted by atomic mass is 9.96. The first-order chi connectivity index (χ1) is 13.4. The molecule has 1 aliphatic heterocycles. The summed E-state index contributed by atoms with van der Waals surface area (Å²) >= 11 is 6.01. The maximum absolute atomic E-state index is 12.7. The van der Waals surface area contributed by atoms with Crippen LogP contribution in [-0.4, -0.2) is 37.8 Å². The number of benzene rings is 2. The van der Waals surface area contributed by atoms with E-state index in [1.807, 2.05) is 31.2 Å². The van der Waals surface area contributed by atoms with E-state index in [9.17, 15) is 13.2 Å². The molecule has 7 heteroatoms. The number of nitrogens with one attached hydrogen (secondary N) is 1. The molecule has 0 aromatic heterocycles. The van der Waals surface area contributed by atoms with Crippen LogP contribution in [0.2, 0.25) is 5.02 Å². The highest BCUT2D eigenvalue weighted by molar-refractivity contribution is 7.89. The highest BCUT2D eigenvalue weighted by Crippen LogP contribution is 2.24. The molecule has 150 valence electrons. The first kappa shape index (κ1) is 20.8. The van der Waals surface area contributed by atoms with Gasteiger partial charge in [0, 0.05) is 30.1 Å². The number of halogens is 1. The summed E-state index contributed by atoms with van der Waals surface area (Å²) in [5.41, 5.74) is 1.07. The first-order valence-electron chi connectivity index (χ1n) is 9.46. The van der Waals surface area contributed by atoms with Gasteiger partial charge in [0.2, 0.25) is 15.9 Å². The lowest BCUT2D eigenvalue weighted by Crippen LogP contribution is -2.45. The number of sulfonamides is 1. The number of piperidine rings is 1. The second-order valence-electron chi connectivity index (χ2n) is 7.24. The highest BCUT2D eigenvalue weighted by atomic mass is 35.5. The lowest BCUT2D eigenvalue weighted by molar-refractivity contribution is -0.126. The summed E-state index contributed by atoms with van der Waals surface area (Å²) in [6.07, 6.45) is 1.76. The van der Waals surface area contributed by atoms with Crippen molar-refractivity contribution in [3.63, 3.8) is 0 Å². The average Bonchev–Trinajstić information content (AvgIpc) is 2.68. The lowest BCUT2D eigenvalue weighted by Gasteiger charge is -2.31. The predicted octanol–water partition coefficient (Wildman–Crippen LogP) is 3.49. The molecule has 0 aliphatic carbocycles. The van der Waals surface area contributed by atoms with Gasteiger partial charge in [-0.05, 0) is 56.0 Å². The molecule has 28 heavy (non-hydrogen) atoms. The smallest absolute Gasteiger partial charge is 0.243 e. The Kier molecular flexibility index (Phi) is 6.75. The molecule has 0 bridgehead atoms. The number of hydrogen-bond acceptors (Lipinski definition) is 3. The minimum absolute atomic E-state index is 0.00807. The standard InChI is InChI=1S/C21H25ClN2O3S/c1-16(14-17-6-5-7-19(22)15-17)23-21(25)18-10-12-24(13-11-18)28(26,27)20-8-3-2-4-9-20/h2-9,15-16,18H,10-14H2,1H3,(H,23,25)/t16-/m1/s1. The summed E-state index contributed by atoms with van der Waals surface area (Å²) in [6.45, 7) is 2.68. The Bertz CT molecular complexity index is 910. The van der Waals surface area contributed by atoms with E-state index < -0.39 is 10.0 Å². The third kappa shape index (κ3) is 5.13. The molecule has 1 N–H and O–H groups in total. The van der Waals surface area contributed by atoms with Gasteiger partial charge in [-0.15, -0.1) is 0 Å². The van der Waals surface area contributed by atoms with E-state index in [1.54, 1.807) is 30.3 Å². The van der Waals surface area contributed by atoms with E-state index >= 15 is 0 Å². The van der Waals surface area contributed by atoms with Crippen molar-refractivity contribution in [2.75, 3.05) is 13.1 Å². The molecule has 0 saturated carbocycles. The molecule has 2 aromatic carbocycles. The zero-order chi connectivity index (χ0) is 20.1. The molecule has 1 amide bonds. The van der Waals surface area contributed by atoms with Crippen molar-refractivity contribution in [2.45, 2.75) is 37.1 Å². The van der Waals surface area contributed by atoms with Crippen molar-refractivity contribution in [3.8, 4) is 0 Å². The third-order valence-electron chi connectivity index (χ3n) is 5.03. The van der Waals surface area contributed by atoms with Gasteiger partial charge in [0.1, 0.15) is 0 Å². The van der Waals surface area contributed by atoms with Gasteiger partial charge in [-0.3, -0.25) is 4.79 Å². The number of nitrogens with zero attached hydrogens (tertiary/aromatic N) is 1. The highest BCUT2D eigenvalue weighted by Gasteiger charge is 2.32. The predicted molar refractivity (Wildman–Crippen MR) is 111 cm³/mol. The Morgan fingerprint density at radius 1 is 1.14 bits per heavy atom. The van der Waals surface area contributed by atoms with Gasteiger partial charge in [0.25, 0.3) is 0 Å². The molecule has 3 rings (SSSR count). The molecule has 1 aliphatic rings. The van der Waals surface area contributed by atoms with Crippen molar-refractivity contribution in [2.24, 2.45) is 5.92 Å². The van der Waals surface area contributed by atoms with Crippen molar-refractivity contribution < 1.29 is 13.2 Å². The monoisotopic (exact) mass is 420 g/mol. The molecule has 0 unspecified atom stereocenters. The van der Waals surface area contributed by atoms with Crippen LogP contribution in [0.4, 0.5) is 0 Å². The zero-order valence-electron chi connectivity index (χ0n) is 15.8. The van der Waals surface area contributed by atoms with Crippen LogP contribution in [0.3, 0.4) is 0 Å². The summed E-state index contributed by atoms with van der Waals surface area (Å²) in [5, 5.41) is 3.74. The first-order valence-corrected chi connectivity index (χ1v) is 11.3. The molecular weight excluding hydrogens is 396 g/mol. The Morgan fingerprint density at radius 2 is 1.82 bits per heavy atom. The Hall–Kier alpha value is -1.89. The van der Waals surface area contributed by atoms with Crippen LogP contribution >= 0.6 is 11.6 Å². The van der Waals surface area contributed by atoms with Crippen LogP contribution in [0.15, 0.2) is 59.5 Å². The molecule has 2 aromatic rings. The van der Waals surface area contributed by atoms with Gasteiger partial charge in [0.15, 0.2) is 0 Å². The Labute approximate surface area is 171 Å². The Balaban J connectivity index is 1.52. The minimum Gasteiger partial charge on any atom is -0.353 e. The molecule has 0 radical (unpaired) electrons. The number of hydrogen-bond donors (Lipinski definition) is 1. The SMILES string of the molecule is C[C@H](Cc1cccc(Cl)c1)NC(=O)C1CCN(S(=O)(=O)c2ccccc2)CC1. The van der Waals surface area contributed by atoms with E-state index in [2.05, 4.69) is 5.32 Å². The van der Waals surface area contributed by atoms with Crippen LogP contribution in [-0.2, 0) is 21.2 Å². The zero-order valence-corrected chi connectivity index (χ0v) is 17.4. The fourth-order valence-corrected chi connectivity index (χ4v) is 5.23. The van der Waals surface area contributed by atoms with Crippen molar-refractivity contribution in [1.82, 2.24) is 9.62 Å². The summed E-state index contributed by atoms with van der Waals surface area (Å²) in [6, 6.07) is 16.0. The second-order valence-corrected chi connectivity index (χ2v) is 9.61. The van der Waals surface area contributed by atoms with E-state index in [1.165, 1.54) is 4.31 Å². The molecule has 1 saturated heterocycles. The van der Waals surface area contributed by atoms with E-state index in [0.717, 1.165) is 5.56 Å². The average molecular weight is 421 g/mol. The molecule has 1 atom stereocenters. The maximum atomic E-state index is 12.7. The summed E-state index contributed by atoms with van der Waals surface area (Å²) in [5.74, 6) is -0.171.